The molecule has 0 fully saturated rings. The number of nitrogens with one attached hydrogen (secondary N) is 1. The summed E-state index contributed by atoms with van der Waals surface area (Å²) in [6, 6.07) is 17.3. The molecule has 0 unspecified atom stereocenters. The molecule has 2 rings (SSSR count). The summed E-state index contributed by atoms with van der Waals surface area (Å²) in [5.74, 6) is 1.17. The van der Waals surface area contributed by atoms with Crippen LogP contribution in [-0.2, 0) is 17.9 Å². The minimum Gasteiger partial charge on any atom is -0.489 e. The van der Waals surface area contributed by atoms with Crippen LogP contribution >= 0.6 is 0 Å². The van der Waals surface area contributed by atoms with Gasteiger partial charge in [0.2, 0.25) is 5.91 Å². The molecule has 0 aliphatic rings. The Morgan fingerprint density at radius 1 is 1.04 bits per heavy atom. The van der Waals surface area contributed by atoms with E-state index in [0.717, 1.165) is 16.9 Å². The van der Waals surface area contributed by atoms with Crippen molar-refractivity contribution in [1.29, 1.82) is 0 Å². The normalized spacial score (nSPS) is 12.0. The number of nitrogens with two attached hydrogens (primary N) is 1. The lowest BCUT2D eigenvalue weighted by Gasteiger charge is -2.14. The first-order chi connectivity index (χ1) is 11.5. The molecule has 0 aromatic heterocycles. The van der Waals surface area contributed by atoms with E-state index in [-0.39, 0.29) is 5.91 Å². The Morgan fingerprint density at radius 2 is 1.67 bits per heavy atom. The number of ether oxygens (including phenoxy) is 1. The zero-order valence-corrected chi connectivity index (χ0v) is 14.4. The molecular weight excluding hydrogens is 300 g/mol. The quantitative estimate of drug-likeness (QED) is 0.782. The number of para-hydroxylation sites is 1. The van der Waals surface area contributed by atoms with E-state index >= 15 is 0 Å². The number of benzene rings is 2. The van der Waals surface area contributed by atoms with Crippen LogP contribution in [0.4, 0.5) is 0 Å². The van der Waals surface area contributed by atoms with Crippen LogP contribution in [0.5, 0.6) is 5.75 Å². The van der Waals surface area contributed by atoms with Gasteiger partial charge < -0.3 is 15.8 Å². The molecule has 4 nitrogen and oxygen atoms in total. The molecular formula is C20H26N2O2. The molecule has 0 bridgehead atoms. The van der Waals surface area contributed by atoms with Crippen LogP contribution in [0.15, 0.2) is 54.6 Å². The van der Waals surface area contributed by atoms with E-state index in [1.54, 1.807) is 0 Å². The number of hydrogen-bond acceptors (Lipinski definition) is 3. The summed E-state index contributed by atoms with van der Waals surface area (Å²) < 4.78 is 5.71. The van der Waals surface area contributed by atoms with Crippen molar-refractivity contribution in [2.24, 2.45) is 11.7 Å². The Bertz CT molecular complexity index is 624. The van der Waals surface area contributed by atoms with Crippen LogP contribution in [0.25, 0.3) is 0 Å². The van der Waals surface area contributed by atoms with Crippen LogP contribution in [0, 0.1) is 5.92 Å². The molecule has 2 aromatic rings. The summed E-state index contributed by atoms with van der Waals surface area (Å²) in [6.45, 7) is 5.13. The highest BCUT2D eigenvalue weighted by Gasteiger charge is 2.14. The van der Waals surface area contributed by atoms with Gasteiger partial charge in [0.05, 0.1) is 6.04 Å². The van der Waals surface area contributed by atoms with Gasteiger partial charge in [0.25, 0.3) is 0 Å². The predicted molar refractivity (Wildman–Crippen MR) is 96.5 cm³/mol. The number of hydrogen-bond donors (Lipinski definition) is 2. The van der Waals surface area contributed by atoms with E-state index in [1.807, 2.05) is 54.6 Å². The molecule has 0 saturated heterocycles. The van der Waals surface area contributed by atoms with Crippen molar-refractivity contribution < 1.29 is 9.53 Å². The van der Waals surface area contributed by atoms with Crippen molar-refractivity contribution in [3.63, 3.8) is 0 Å². The van der Waals surface area contributed by atoms with Crippen molar-refractivity contribution in [2.75, 3.05) is 0 Å². The maximum absolute atomic E-state index is 11.9. The first-order valence-corrected chi connectivity index (χ1v) is 8.33. The fourth-order valence-electron chi connectivity index (χ4n) is 2.37. The first kappa shape index (κ1) is 18.0. The second-order valence-corrected chi connectivity index (χ2v) is 6.37. The Hall–Kier alpha value is -2.33. The summed E-state index contributed by atoms with van der Waals surface area (Å²) in [4.78, 5) is 11.9. The lowest BCUT2D eigenvalue weighted by Crippen LogP contribution is -2.41. The van der Waals surface area contributed by atoms with Crippen LogP contribution in [0.3, 0.4) is 0 Å². The van der Waals surface area contributed by atoms with E-state index in [9.17, 15) is 4.79 Å². The molecule has 128 valence electrons. The zero-order valence-electron chi connectivity index (χ0n) is 14.4. The van der Waals surface area contributed by atoms with Gasteiger partial charge in [-0.15, -0.1) is 0 Å². The molecule has 2 aromatic carbocycles. The van der Waals surface area contributed by atoms with Gasteiger partial charge in [-0.05, 0) is 35.6 Å². The Kier molecular flexibility index (Phi) is 6.82. The topological polar surface area (TPSA) is 64.4 Å². The van der Waals surface area contributed by atoms with Gasteiger partial charge in [0, 0.05) is 6.54 Å². The van der Waals surface area contributed by atoms with E-state index in [2.05, 4.69) is 19.2 Å². The lowest BCUT2D eigenvalue weighted by molar-refractivity contribution is -0.122. The zero-order chi connectivity index (χ0) is 17.4. The number of carbonyl (C=O) groups is 1. The van der Waals surface area contributed by atoms with E-state index < -0.39 is 6.04 Å². The van der Waals surface area contributed by atoms with Gasteiger partial charge in [0.1, 0.15) is 12.4 Å². The van der Waals surface area contributed by atoms with E-state index in [0.29, 0.717) is 25.5 Å². The third kappa shape index (κ3) is 6.05. The fourth-order valence-corrected chi connectivity index (χ4v) is 2.37. The lowest BCUT2D eigenvalue weighted by atomic mass is 10.0. The Labute approximate surface area is 144 Å². The van der Waals surface area contributed by atoms with Gasteiger partial charge in [-0.1, -0.05) is 56.3 Å². The fraction of sp³-hybridized carbons (Fsp3) is 0.350. The van der Waals surface area contributed by atoms with Crippen molar-refractivity contribution in [3.05, 3.63) is 65.7 Å². The SMILES string of the molecule is CC(C)C[C@H](N)C(=O)NCc1ccc(COc2ccccc2)cc1. The molecule has 0 radical (unpaired) electrons. The maximum atomic E-state index is 11.9. The second kappa shape index (κ2) is 9.08. The summed E-state index contributed by atoms with van der Waals surface area (Å²) in [5, 5.41) is 2.89. The monoisotopic (exact) mass is 326 g/mol. The highest BCUT2D eigenvalue weighted by molar-refractivity contribution is 5.81. The standard InChI is InChI=1S/C20H26N2O2/c1-15(2)12-19(21)20(23)22-13-16-8-10-17(11-9-16)14-24-18-6-4-3-5-7-18/h3-11,15,19H,12-14,21H2,1-2H3,(H,22,23)/t19-/m0/s1. The van der Waals surface area contributed by atoms with Crippen LogP contribution < -0.4 is 15.8 Å². The molecule has 0 aliphatic heterocycles. The molecule has 1 amide bonds. The van der Waals surface area contributed by atoms with Crippen molar-refractivity contribution in [1.82, 2.24) is 5.32 Å². The number of amides is 1. The molecule has 3 N–H and O–H groups in total. The highest BCUT2D eigenvalue weighted by atomic mass is 16.5. The minimum absolute atomic E-state index is 0.0970. The van der Waals surface area contributed by atoms with E-state index in [1.165, 1.54) is 0 Å². The number of rotatable bonds is 8. The van der Waals surface area contributed by atoms with Crippen molar-refractivity contribution >= 4 is 5.91 Å². The molecule has 1 atom stereocenters. The van der Waals surface area contributed by atoms with Gasteiger partial charge in [0.15, 0.2) is 0 Å². The molecule has 0 heterocycles. The largest absolute Gasteiger partial charge is 0.489 e. The Balaban J connectivity index is 1.78. The predicted octanol–water partition coefficient (Wildman–Crippen LogP) is 3.26. The average molecular weight is 326 g/mol. The molecule has 4 heteroatoms. The minimum atomic E-state index is -0.441. The molecule has 24 heavy (non-hydrogen) atoms. The summed E-state index contributed by atoms with van der Waals surface area (Å²) in [7, 11) is 0. The molecule has 0 saturated carbocycles. The summed E-state index contributed by atoms with van der Waals surface area (Å²) >= 11 is 0. The van der Waals surface area contributed by atoms with Crippen molar-refractivity contribution in [2.45, 2.75) is 39.5 Å². The van der Waals surface area contributed by atoms with E-state index in [4.69, 9.17) is 10.5 Å². The van der Waals surface area contributed by atoms with Crippen LogP contribution in [0.1, 0.15) is 31.4 Å². The third-order valence-corrected chi connectivity index (χ3v) is 3.70. The Morgan fingerprint density at radius 3 is 2.29 bits per heavy atom. The third-order valence-electron chi connectivity index (χ3n) is 3.70. The number of carbonyl (C=O) groups excluding carboxylic acids is 1. The molecule has 0 aliphatic carbocycles. The summed E-state index contributed by atoms with van der Waals surface area (Å²) in [5.41, 5.74) is 8.01. The van der Waals surface area contributed by atoms with Gasteiger partial charge in [-0.3, -0.25) is 4.79 Å². The van der Waals surface area contributed by atoms with Crippen LogP contribution in [0.2, 0.25) is 0 Å². The van der Waals surface area contributed by atoms with Crippen molar-refractivity contribution in [3.8, 4) is 5.75 Å². The second-order valence-electron chi connectivity index (χ2n) is 6.37. The highest BCUT2D eigenvalue weighted by Crippen LogP contribution is 2.12. The van der Waals surface area contributed by atoms with Crippen LogP contribution in [-0.4, -0.2) is 11.9 Å². The van der Waals surface area contributed by atoms with Gasteiger partial charge in [-0.2, -0.15) is 0 Å². The average Bonchev–Trinajstić information content (AvgIpc) is 2.59. The van der Waals surface area contributed by atoms with Gasteiger partial charge in [-0.25, -0.2) is 0 Å². The first-order valence-electron chi connectivity index (χ1n) is 8.33. The van der Waals surface area contributed by atoms with Gasteiger partial charge >= 0.3 is 0 Å². The maximum Gasteiger partial charge on any atom is 0.237 e. The molecule has 0 spiro atoms. The summed E-state index contributed by atoms with van der Waals surface area (Å²) in [6.07, 6.45) is 0.696. The smallest absolute Gasteiger partial charge is 0.237 e.